The number of rotatable bonds is 6. The SMILES string of the molecule is CC1CC(N(C)C(=O)CNC(=O)CN)CCN1Cc1ccccc1. The molecule has 6 nitrogen and oxygen atoms in total. The molecule has 1 aliphatic heterocycles. The predicted octanol–water partition coefficient (Wildman–Crippen LogP) is 0.573. The summed E-state index contributed by atoms with van der Waals surface area (Å²) in [7, 11) is 1.82. The van der Waals surface area contributed by atoms with Gasteiger partial charge in [-0.05, 0) is 25.3 Å². The zero-order chi connectivity index (χ0) is 17.5. The first-order valence-corrected chi connectivity index (χ1v) is 8.51. The van der Waals surface area contributed by atoms with E-state index in [1.165, 1.54) is 5.56 Å². The first-order valence-electron chi connectivity index (χ1n) is 8.51. The first-order chi connectivity index (χ1) is 11.5. The lowest BCUT2D eigenvalue weighted by atomic mass is 9.96. The third-order valence-corrected chi connectivity index (χ3v) is 4.78. The van der Waals surface area contributed by atoms with Crippen molar-refractivity contribution >= 4 is 11.8 Å². The number of carbonyl (C=O) groups excluding carboxylic acids is 2. The van der Waals surface area contributed by atoms with Crippen molar-refractivity contribution in [2.75, 3.05) is 26.7 Å². The van der Waals surface area contributed by atoms with E-state index < -0.39 is 0 Å². The van der Waals surface area contributed by atoms with E-state index in [0.29, 0.717) is 6.04 Å². The molecule has 1 aromatic carbocycles. The Bertz CT molecular complexity index is 549. The molecule has 1 fully saturated rings. The monoisotopic (exact) mass is 332 g/mol. The van der Waals surface area contributed by atoms with E-state index in [1.807, 2.05) is 13.1 Å². The van der Waals surface area contributed by atoms with Crippen LogP contribution in [-0.2, 0) is 16.1 Å². The quantitative estimate of drug-likeness (QED) is 0.798. The Balaban J connectivity index is 1.83. The molecule has 2 amide bonds. The van der Waals surface area contributed by atoms with Crippen LogP contribution in [0.3, 0.4) is 0 Å². The third-order valence-electron chi connectivity index (χ3n) is 4.78. The highest BCUT2D eigenvalue weighted by Gasteiger charge is 2.29. The second kappa shape index (κ2) is 8.80. The summed E-state index contributed by atoms with van der Waals surface area (Å²) in [6, 6.07) is 11.1. The smallest absolute Gasteiger partial charge is 0.241 e. The Kier molecular flexibility index (Phi) is 6.75. The molecular weight excluding hydrogens is 304 g/mol. The number of piperidine rings is 1. The van der Waals surface area contributed by atoms with Crippen molar-refractivity contribution < 1.29 is 9.59 Å². The maximum absolute atomic E-state index is 12.2. The minimum absolute atomic E-state index is 0.0190. The Morgan fingerprint density at radius 2 is 2.04 bits per heavy atom. The summed E-state index contributed by atoms with van der Waals surface area (Å²) in [6.45, 7) is 4.05. The van der Waals surface area contributed by atoms with Gasteiger partial charge in [-0.15, -0.1) is 0 Å². The highest BCUT2D eigenvalue weighted by molar-refractivity contribution is 5.85. The Hall–Kier alpha value is -1.92. The lowest BCUT2D eigenvalue weighted by Gasteiger charge is -2.41. The number of carbonyl (C=O) groups is 2. The second-order valence-electron chi connectivity index (χ2n) is 6.47. The summed E-state index contributed by atoms with van der Waals surface area (Å²) >= 11 is 0. The third kappa shape index (κ3) is 5.04. The highest BCUT2D eigenvalue weighted by Crippen LogP contribution is 2.22. The summed E-state index contributed by atoms with van der Waals surface area (Å²) in [6.07, 6.45) is 1.89. The van der Waals surface area contributed by atoms with Crippen molar-refractivity contribution in [3.8, 4) is 0 Å². The number of likely N-dealkylation sites (N-methyl/N-ethyl adjacent to an activating group) is 1. The maximum atomic E-state index is 12.2. The van der Waals surface area contributed by atoms with Gasteiger partial charge < -0.3 is 16.0 Å². The second-order valence-corrected chi connectivity index (χ2v) is 6.47. The zero-order valence-corrected chi connectivity index (χ0v) is 14.6. The van der Waals surface area contributed by atoms with Crippen LogP contribution >= 0.6 is 0 Å². The van der Waals surface area contributed by atoms with Gasteiger partial charge in [0.1, 0.15) is 0 Å². The van der Waals surface area contributed by atoms with Crippen LogP contribution in [0.5, 0.6) is 0 Å². The Morgan fingerprint density at radius 3 is 2.67 bits per heavy atom. The van der Waals surface area contributed by atoms with Gasteiger partial charge in [0, 0.05) is 32.2 Å². The van der Waals surface area contributed by atoms with Crippen LogP contribution in [0.15, 0.2) is 30.3 Å². The van der Waals surface area contributed by atoms with E-state index in [4.69, 9.17) is 5.73 Å². The molecule has 0 radical (unpaired) electrons. The van der Waals surface area contributed by atoms with E-state index in [1.54, 1.807) is 4.90 Å². The van der Waals surface area contributed by atoms with Crippen LogP contribution in [0.2, 0.25) is 0 Å². The molecule has 2 unspecified atom stereocenters. The number of hydrogen-bond acceptors (Lipinski definition) is 4. The van der Waals surface area contributed by atoms with Crippen LogP contribution in [0, 0.1) is 0 Å². The fourth-order valence-corrected chi connectivity index (χ4v) is 3.18. The zero-order valence-electron chi connectivity index (χ0n) is 14.6. The van der Waals surface area contributed by atoms with E-state index >= 15 is 0 Å². The number of nitrogens with zero attached hydrogens (tertiary/aromatic N) is 2. The van der Waals surface area contributed by atoms with E-state index in [2.05, 4.69) is 41.4 Å². The van der Waals surface area contributed by atoms with Crippen LogP contribution in [0.4, 0.5) is 0 Å². The van der Waals surface area contributed by atoms with Crippen LogP contribution < -0.4 is 11.1 Å². The minimum Gasteiger partial charge on any atom is -0.346 e. The number of benzene rings is 1. The molecule has 0 saturated carbocycles. The molecule has 0 aliphatic carbocycles. The van der Waals surface area contributed by atoms with Crippen molar-refractivity contribution in [1.82, 2.24) is 15.1 Å². The molecule has 132 valence electrons. The topological polar surface area (TPSA) is 78.7 Å². The van der Waals surface area contributed by atoms with Gasteiger partial charge in [0.15, 0.2) is 0 Å². The fourth-order valence-electron chi connectivity index (χ4n) is 3.18. The van der Waals surface area contributed by atoms with Crippen molar-refractivity contribution in [3.05, 3.63) is 35.9 Å². The van der Waals surface area contributed by atoms with E-state index in [9.17, 15) is 9.59 Å². The van der Waals surface area contributed by atoms with Gasteiger partial charge >= 0.3 is 0 Å². The van der Waals surface area contributed by atoms with Gasteiger partial charge in [-0.3, -0.25) is 14.5 Å². The molecular formula is C18H28N4O2. The van der Waals surface area contributed by atoms with Crippen molar-refractivity contribution in [3.63, 3.8) is 0 Å². The molecule has 0 aromatic heterocycles. The van der Waals surface area contributed by atoms with E-state index in [0.717, 1.165) is 25.9 Å². The lowest BCUT2D eigenvalue weighted by Crippen LogP contribution is -2.51. The molecule has 1 aliphatic rings. The summed E-state index contributed by atoms with van der Waals surface area (Å²) in [5.41, 5.74) is 6.55. The Morgan fingerprint density at radius 1 is 1.33 bits per heavy atom. The first kappa shape index (κ1) is 18.4. The molecule has 1 saturated heterocycles. The number of nitrogens with one attached hydrogen (secondary N) is 1. The van der Waals surface area contributed by atoms with Gasteiger partial charge in [-0.25, -0.2) is 0 Å². The summed E-state index contributed by atoms with van der Waals surface area (Å²) in [4.78, 5) is 27.6. The molecule has 6 heteroatoms. The maximum Gasteiger partial charge on any atom is 0.241 e. The Labute approximate surface area is 144 Å². The molecule has 1 aromatic rings. The molecule has 1 heterocycles. The largest absolute Gasteiger partial charge is 0.346 e. The van der Waals surface area contributed by atoms with Crippen molar-refractivity contribution in [2.24, 2.45) is 5.73 Å². The number of amides is 2. The minimum atomic E-state index is -0.303. The van der Waals surface area contributed by atoms with Gasteiger partial charge in [-0.2, -0.15) is 0 Å². The summed E-state index contributed by atoms with van der Waals surface area (Å²) in [5.74, 6) is -0.367. The van der Waals surface area contributed by atoms with Gasteiger partial charge in [0.25, 0.3) is 0 Å². The average Bonchev–Trinajstić information content (AvgIpc) is 2.61. The molecule has 2 rings (SSSR count). The lowest BCUT2D eigenvalue weighted by molar-refractivity contribution is -0.134. The predicted molar refractivity (Wildman–Crippen MR) is 94.2 cm³/mol. The molecule has 24 heavy (non-hydrogen) atoms. The van der Waals surface area contributed by atoms with Crippen LogP contribution in [-0.4, -0.2) is 60.4 Å². The highest BCUT2D eigenvalue weighted by atomic mass is 16.2. The fraction of sp³-hybridized carbons (Fsp3) is 0.556. The van der Waals surface area contributed by atoms with Crippen molar-refractivity contribution in [1.29, 1.82) is 0 Å². The van der Waals surface area contributed by atoms with Gasteiger partial charge in [0.2, 0.25) is 11.8 Å². The number of nitrogens with two attached hydrogens (primary N) is 1. The number of hydrogen-bond donors (Lipinski definition) is 2. The number of likely N-dealkylation sites (tertiary alicyclic amines) is 1. The molecule has 0 bridgehead atoms. The van der Waals surface area contributed by atoms with Gasteiger partial charge in [0.05, 0.1) is 13.1 Å². The summed E-state index contributed by atoms with van der Waals surface area (Å²) in [5, 5.41) is 2.54. The average molecular weight is 332 g/mol. The molecule has 2 atom stereocenters. The molecule has 0 spiro atoms. The standard InChI is InChI=1S/C18H28N4O2/c1-14-10-16(21(2)18(24)12-20-17(23)11-19)8-9-22(14)13-15-6-4-3-5-7-15/h3-7,14,16H,8-13,19H2,1-2H3,(H,20,23). The molecule has 3 N–H and O–H groups in total. The van der Waals surface area contributed by atoms with Crippen molar-refractivity contribution in [2.45, 2.75) is 38.4 Å². The summed E-state index contributed by atoms with van der Waals surface area (Å²) < 4.78 is 0. The normalized spacial score (nSPS) is 21.3. The van der Waals surface area contributed by atoms with Gasteiger partial charge in [-0.1, -0.05) is 30.3 Å². The van der Waals surface area contributed by atoms with Crippen LogP contribution in [0.25, 0.3) is 0 Å². The van der Waals surface area contributed by atoms with E-state index in [-0.39, 0.29) is 30.9 Å². The van der Waals surface area contributed by atoms with Crippen LogP contribution in [0.1, 0.15) is 25.3 Å².